The fourth-order valence-electron chi connectivity index (χ4n) is 3.82. The summed E-state index contributed by atoms with van der Waals surface area (Å²) < 4.78 is 17.2. The first-order valence-corrected chi connectivity index (χ1v) is 7.96. The van der Waals surface area contributed by atoms with Gasteiger partial charge in [-0.05, 0) is 39.0 Å². The molecule has 1 aliphatic heterocycles. The Hall–Kier alpha value is -0.420. The van der Waals surface area contributed by atoms with Crippen molar-refractivity contribution in [2.45, 2.75) is 63.9 Å². The van der Waals surface area contributed by atoms with Crippen LogP contribution in [0, 0.1) is 11.8 Å². The fourth-order valence-corrected chi connectivity index (χ4v) is 3.82. The standard InChI is InChI=1S/C17H30O4/c1-11(2)6-7-13(18)12(3)15-16(20-5)14(19-4)8-9-17(15)10-21-17/h6,12-16,18H,7-10H2,1-5H3/t12?,13-,14?,15?,16?,17+/m1/s1. The predicted molar refractivity (Wildman–Crippen MR) is 82.2 cm³/mol. The quantitative estimate of drug-likeness (QED) is 0.605. The van der Waals surface area contributed by atoms with Crippen molar-refractivity contribution in [2.24, 2.45) is 11.8 Å². The van der Waals surface area contributed by atoms with E-state index < -0.39 is 0 Å². The van der Waals surface area contributed by atoms with E-state index in [4.69, 9.17) is 14.2 Å². The minimum atomic E-state index is -0.376. The van der Waals surface area contributed by atoms with E-state index in [0.717, 1.165) is 19.4 Å². The molecule has 4 heteroatoms. The first kappa shape index (κ1) is 16.9. The average molecular weight is 298 g/mol. The number of ether oxygens (including phenoxy) is 3. The van der Waals surface area contributed by atoms with E-state index in [9.17, 15) is 5.11 Å². The highest BCUT2D eigenvalue weighted by molar-refractivity contribution is 5.09. The van der Waals surface area contributed by atoms with Gasteiger partial charge in [-0.1, -0.05) is 18.6 Å². The number of aliphatic hydroxyl groups excluding tert-OH is 1. The Bertz CT molecular complexity index is 371. The van der Waals surface area contributed by atoms with Gasteiger partial charge in [-0.25, -0.2) is 0 Å². The normalized spacial score (nSPS) is 38.1. The summed E-state index contributed by atoms with van der Waals surface area (Å²) in [5.41, 5.74) is 1.14. The van der Waals surface area contributed by atoms with Gasteiger partial charge in [-0.3, -0.25) is 0 Å². The molecule has 6 atom stereocenters. The van der Waals surface area contributed by atoms with Gasteiger partial charge >= 0.3 is 0 Å². The molecule has 122 valence electrons. The number of allylic oxidation sites excluding steroid dienone is 1. The van der Waals surface area contributed by atoms with Gasteiger partial charge in [0.05, 0.1) is 30.5 Å². The van der Waals surface area contributed by atoms with Gasteiger partial charge in [0.2, 0.25) is 0 Å². The van der Waals surface area contributed by atoms with E-state index in [1.54, 1.807) is 14.2 Å². The maximum atomic E-state index is 10.6. The maximum absolute atomic E-state index is 10.6. The third-order valence-corrected chi connectivity index (χ3v) is 5.21. The second-order valence-corrected chi connectivity index (χ2v) is 6.84. The van der Waals surface area contributed by atoms with Crippen LogP contribution in [0.25, 0.3) is 0 Å². The van der Waals surface area contributed by atoms with Crippen LogP contribution < -0.4 is 0 Å². The molecule has 0 aromatic heterocycles. The SMILES string of the molecule is COC1CC[C@]2(CO2)C(C(C)[C@H](O)CC=C(C)C)C1OC. The Labute approximate surface area is 128 Å². The Morgan fingerprint density at radius 3 is 2.52 bits per heavy atom. The molecule has 1 saturated heterocycles. The summed E-state index contributed by atoms with van der Waals surface area (Å²) in [6.45, 7) is 7.01. The third-order valence-electron chi connectivity index (χ3n) is 5.21. The number of hydrogen-bond donors (Lipinski definition) is 1. The average Bonchev–Trinajstić information content (AvgIpc) is 3.23. The summed E-state index contributed by atoms with van der Waals surface area (Å²) in [4.78, 5) is 0. The summed E-state index contributed by atoms with van der Waals surface area (Å²) in [7, 11) is 3.48. The number of hydrogen-bond acceptors (Lipinski definition) is 4. The van der Waals surface area contributed by atoms with Gasteiger partial charge in [0.25, 0.3) is 0 Å². The van der Waals surface area contributed by atoms with Gasteiger partial charge in [0, 0.05) is 20.1 Å². The monoisotopic (exact) mass is 298 g/mol. The third kappa shape index (κ3) is 3.50. The van der Waals surface area contributed by atoms with E-state index in [1.807, 2.05) is 0 Å². The Morgan fingerprint density at radius 1 is 1.38 bits per heavy atom. The highest BCUT2D eigenvalue weighted by atomic mass is 16.6. The molecule has 1 aliphatic carbocycles. The first-order chi connectivity index (χ1) is 9.95. The predicted octanol–water partition coefficient (Wildman–Crippen LogP) is 2.55. The zero-order valence-electron chi connectivity index (χ0n) is 14.0. The van der Waals surface area contributed by atoms with Gasteiger partial charge in [-0.2, -0.15) is 0 Å². The molecule has 21 heavy (non-hydrogen) atoms. The summed E-state index contributed by atoms with van der Waals surface area (Å²) in [5, 5.41) is 10.6. The molecule has 0 radical (unpaired) electrons. The smallest absolute Gasteiger partial charge is 0.0974 e. The van der Waals surface area contributed by atoms with Crippen molar-refractivity contribution < 1.29 is 19.3 Å². The largest absolute Gasteiger partial charge is 0.393 e. The molecule has 0 aromatic carbocycles. The zero-order valence-corrected chi connectivity index (χ0v) is 14.0. The first-order valence-electron chi connectivity index (χ1n) is 7.96. The Kier molecular flexibility index (Phi) is 5.47. The molecule has 4 nitrogen and oxygen atoms in total. The number of aliphatic hydroxyl groups is 1. The van der Waals surface area contributed by atoms with E-state index in [2.05, 4.69) is 26.8 Å². The minimum absolute atomic E-state index is 0.0115. The fraction of sp³-hybridized carbons (Fsp3) is 0.882. The molecule has 0 aromatic rings. The summed E-state index contributed by atoms with van der Waals surface area (Å²) >= 11 is 0. The number of rotatable bonds is 6. The van der Waals surface area contributed by atoms with E-state index in [0.29, 0.717) is 6.42 Å². The van der Waals surface area contributed by atoms with Gasteiger partial charge in [0.15, 0.2) is 0 Å². The lowest BCUT2D eigenvalue weighted by Gasteiger charge is -2.44. The van der Waals surface area contributed by atoms with Crippen molar-refractivity contribution in [3.8, 4) is 0 Å². The molecule has 0 bridgehead atoms. The van der Waals surface area contributed by atoms with E-state index in [1.165, 1.54) is 5.57 Å². The van der Waals surface area contributed by atoms with Gasteiger partial charge < -0.3 is 19.3 Å². The van der Waals surface area contributed by atoms with Gasteiger partial charge in [0.1, 0.15) is 0 Å². The van der Waals surface area contributed by atoms with Crippen LogP contribution in [0.15, 0.2) is 11.6 Å². The lowest BCUT2D eigenvalue weighted by molar-refractivity contribution is -0.135. The molecule has 1 saturated carbocycles. The Balaban J connectivity index is 2.14. The molecule has 0 amide bonds. The molecule has 2 rings (SSSR count). The van der Waals surface area contributed by atoms with Crippen LogP contribution in [0.5, 0.6) is 0 Å². The molecule has 1 heterocycles. The van der Waals surface area contributed by atoms with Crippen LogP contribution in [0.4, 0.5) is 0 Å². The van der Waals surface area contributed by atoms with Crippen LogP contribution in [0.3, 0.4) is 0 Å². The maximum Gasteiger partial charge on any atom is 0.0974 e. The molecule has 2 aliphatic rings. The highest BCUT2D eigenvalue weighted by Gasteiger charge is 2.60. The van der Waals surface area contributed by atoms with Gasteiger partial charge in [-0.15, -0.1) is 0 Å². The molecule has 1 N–H and O–H groups in total. The number of methoxy groups -OCH3 is 2. The molecular formula is C17H30O4. The van der Waals surface area contributed by atoms with E-state index in [-0.39, 0.29) is 35.7 Å². The van der Waals surface area contributed by atoms with Crippen molar-refractivity contribution in [3.05, 3.63) is 11.6 Å². The van der Waals surface area contributed by atoms with Crippen LogP contribution in [0.1, 0.15) is 40.0 Å². The molecule has 4 unspecified atom stereocenters. The summed E-state index contributed by atoms with van der Waals surface area (Å²) in [5.74, 6) is 0.299. The van der Waals surface area contributed by atoms with E-state index >= 15 is 0 Å². The Morgan fingerprint density at radius 2 is 2.05 bits per heavy atom. The summed E-state index contributed by atoms with van der Waals surface area (Å²) in [6.07, 6.45) is 4.44. The highest BCUT2D eigenvalue weighted by Crippen LogP contribution is 2.51. The van der Waals surface area contributed by atoms with Crippen molar-refractivity contribution in [3.63, 3.8) is 0 Å². The second-order valence-electron chi connectivity index (χ2n) is 6.84. The van der Waals surface area contributed by atoms with Crippen LogP contribution in [-0.2, 0) is 14.2 Å². The van der Waals surface area contributed by atoms with Crippen molar-refractivity contribution in [2.75, 3.05) is 20.8 Å². The van der Waals surface area contributed by atoms with Crippen molar-refractivity contribution in [1.82, 2.24) is 0 Å². The zero-order chi connectivity index (χ0) is 15.6. The van der Waals surface area contributed by atoms with Crippen molar-refractivity contribution >= 4 is 0 Å². The lowest BCUT2D eigenvalue weighted by atomic mass is 9.68. The van der Waals surface area contributed by atoms with Crippen molar-refractivity contribution in [1.29, 1.82) is 0 Å². The summed E-state index contributed by atoms with van der Waals surface area (Å²) in [6, 6.07) is 0. The topological polar surface area (TPSA) is 51.2 Å². The van der Waals surface area contributed by atoms with Crippen LogP contribution in [0.2, 0.25) is 0 Å². The second kappa shape index (κ2) is 6.78. The molecule has 2 fully saturated rings. The molecular weight excluding hydrogens is 268 g/mol. The number of epoxide rings is 1. The molecule has 1 spiro atoms. The van der Waals surface area contributed by atoms with Crippen LogP contribution in [-0.4, -0.2) is 49.8 Å². The minimum Gasteiger partial charge on any atom is -0.393 e. The lowest BCUT2D eigenvalue weighted by Crippen LogP contribution is -2.53. The van der Waals surface area contributed by atoms with Crippen LogP contribution >= 0.6 is 0 Å².